The molecule has 2 aliphatic rings. The summed E-state index contributed by atoms with van der Waals surface area (Å²) >= 11 is 0. The first-order valence-corrected chi connectivity index (χ1v) is 6.29. The average Bonchev–Trinajstić information content (AvgIpc) is 2.75. The molecule has 2 atom stereocenters. The number of aliphatic carboxylic acids is 1. The van der Waals surface area contributed by atoms with Gasteiger partial charge in [0.25, 0.3) is 0 Å². The monoisotopic (exact) mass is 257 g/mol. The van der Waals surface area contributed by atoms with Gasteiger partial charge in [-0.3, -0.25) is 4.84 Å². The van der Waals surface area contributed by atoms with Gasteiger partial charge in [0.2, 0.25) is 0 Å². The molecule has 102 valence electrons. The van der Waals surface area contributed by atoms with E-state index >= 15 is 0 Å². The number of hydroxylamine groups is 1. The van der Waals surface area contributed by atoms with E-state index in [-0.39, 0.29) is 6.04 Å². The molecule has 0 aromatic carbocycles. The smallest absolute Gasteiger partial charge is 0.338 e. The van der Waals surface area contributed by atoms with Gasteiger partial charge < -0.3 is 15.3 Å². The van der Waals surface area contributed by atoms with Crippen LogP contribution in [0.3, 0.4) is 0 Å². The fourth-order valence-corrected chi connectivity index (χ4v) is 2.73. The molecule has 0 aromatic heterocycles. The second-order valence-corrected chi connectivity index (χ2v) is 4.81. The van der Waals surface area contributed by atoms with E-state index in [4.69, 9.17) is 5.11 Å². The van der Waals surface area contributed by atoms with Gasteiger partial charge in [-0.05, 0) is 32.2 Å². The summed E-state index contributed by atoms with van der Waals surface area (Å²) in [6.07, 6.45) is 4.34. The van der Waals surface area contributed by atoms with Crippen molar-refractivity contribution in [3.8, 4) is 0 Å². The molecule has 0 aliphatic carbocycles. The first-order valence-electron chi connectivity index (χ1n) is 6.29. The number of rotatable bonds is 4. The molecule has 2 rings (SSSR count). The molecule has 7 heteroatoms. The summed E-state index contributed by atoms with van der Waals surface area (Å²) in [5.74, 6) is -1.12. The quantitative estimate of drug-likeness (QED) is 0.613. The van der Waals surface area contributed by atoms with Crippen LogP contribution in [0.4, 0.5) is 4.79 Å². The number of nitrogens with one attached hydrogen (secondary N) is 2. The number of carboxylic acids is 1. The van der Waals surface area contributed by atoms with Crippen LogP contribution in [0.5, 0.6) is 0 Å². The van der Waals surface area contributed by atoms with Gasteiger partial charge in [0.15, 0.2) is 6.61 Å². The van der Waals surface area contributed by atoms with Crippen LogP contribution in [0.15, 0.2) is 0 Å². The number of carbonyl (C=O) groups excluding carboxylic acids is 1. The fraction of sp³-hybridized carbons (Fsp3) is 0.818. The molecule has 2 amide bonds. The highest BCUT2D eigenvalue weighted by atomic mass is 16.7. The Kier molecular flexibility index (Phi) is 4.38. The Labute approximate surface area is 105 Å². The van der Waals surface area contributed by atoms with Crippen LogP contribution in [0, 0.1) is 0 Å². The number of amides is 2. The lowest BCUT2D eigenvalue weighted by Crippen LogP contribution is -2.50. The van der Waals surface area contributed by atoms with E-state index in [2.05, 4.69) is 20.5 Å². The Morgan fingerprint density at radius 3 is 2.94 bits per heavy atom. The minimum Gasteiger partial charge on any atom is -0.479 e. The molecule has 2 aliphatic heterocycles. The molecule has 0 radical (unpaired) electrons. The van der Waals surface area contributed by atoms with Crippen molar-refractivity contribution in [2.24, 2.45) is 0 Å². The molecular formula is C11H19N3O4. The van der Waals surface area contributed by atoms with Crippen molar-refractivity contribution in [2.75, 3.05) is 19.7 Å². The molecule has 2 unspecified atom stereocenters. The Morgan fingerprint density at radius 1 is 1.33 bits per heavy atom. The van der Waals surface area contributed by atoms with Crippen molar-refractivity contribution in [2.45, 2.75) is 37.8 Å². The third-order valence-electron chi connectivity index (χ3n) is 3.52. The van der Waals surface area contributed by atoms with E-state index in [1.165, 1.54) is 19.4 Å². The van der Waals surface area contributed by atoms with Gasteiger partial charge in [0, 0.05) is 18.6 Å². The Hall–Kier alpha value is -1.34. The molecular weight excluding hydrogens is 238 g/mol. The van der Waals surface area contributed by atoms with Crippen molar-refractivity contribution in [1.82, 2.24) is 15.7 Å². The van der Waals surface area contributed by atoms with Gasteiger partial charge in [-0.1, -0.05) is 0 Å². The number of hydrogen-bond acceptors (Lipinski definition) is 4. The van der Waals surface area contributed by atoms with E-state index in [1.54, 1.807) is 0 Å². The average molecular weight is 257 g/mol. The van der Waals surface area contributed by atoms with Crippen molar-refractivity contribution in [1.29, 1.82) is 0 Å². The summed E-state index contributed by atoms with van der Waals surface area (Å²) in [4.78, 5) is 28.6. The molecule has 0 bridgehead atoms. The van der Waals surface area contributed by atoms with E-state index < -0.39 is 18.6 Å². The van der Waals surface area contributed by atoms with Gasteiger partial charge in [0.1, 0.15) is 0 Å². The van der Waals surface area contributed by atoms with Crippen molar-refractivity contribution < 1.29 is 19.5 Å². The number of carbonyl (C=O) groups is 2. The Bertz CT molecular complexity index is 323. The molecule has 2 heterocycles. The molecule has 2 fully saturated rings. The van der Waals surface area contributed by atoms with Gasteiger partial charge in [-0.15, -0.1) is 0 Å². The van der Waals surface area contributed by atoms with Gasteiger partial charge >= 0.3 is 12.0 Å². The molecule has 0 spiro atoms. The highest BCUT2D eigenvalue weighted by Crippen LogP contribution is 2.26. The second kappa shape index (κ2) is 6.01. The van der Waals surface area contributed by atoms with Crippen molar-refractivity contribution in [3.63, 3.8) is 0 Å². The SMILES string of the molecule is O=C(O)CONC(=O)NC1CCN2CCCC2C1. The molecule has 3 N–H and O–H groups in total. The highest BCUT2D eigenvalue weighted by molar-refractivity contribution is 5.73. The lowest BCUT2D eigenvalue weighted by molar-refractivity contribution is -0.144. The standard InChI is InChI=1S/C11H19N3O4/c15-10(16)7-18-13-11(17)12-8-3-5-14-4-1-2-9(14)6-8/h8-9H,1-7H2,(H,15,16)(H2,12,13,17). The van der Waals surface area contributed by atoms with Gasteiger partial charge in [-0.25, -0.2) is 15.1 Å². The molecule has 0 aromatic rings. The maximum Gasteiger partial charge on any atom is 0.338 e. The van der Waals surface area contributed by atoms with E-state index in [0.29, 0.717) is 6.04 Å². The fourth-order valence-electron chi connectivity index (χ4n) is 2.73. The van der Waals surface area contributed by atoms with Crippen LogP contribution < -0.4 is 10.8 Å². The molecule has 18 heavy (non-hydrogen) atoms. The first-order chi connectivity index (χ1) is 8.65. The minimum atomic E-state index is -1.12. The maximum atomic E-state index is 11.4. The zero-order chi connectivity index (χ0) is 13.0. The van der Waals surface area contributed by atoms with Gasteiger partial charge in [0.05, 0.1) is 0 Å². The van der Waals surface area contributed by atoms with Crippen LogP contribution in [-0.4, -0.2) is 53.8 Å². The van der Waals surface area contributed by atoms with Crippen LogP contribution in [0.2, 0.25) is 0 Å². The lowest BCUT2D eigenvalue weighted by atomic mass is 9.98. The number of urea groups is 1. The molecule has 7 nitrogen and oxygen atoms in total. The Morgan fingerprint density at radius 2 is 2.17 bits per heavy atom. The van der Waals surface area contributed by atoms with E-state index in [0.717, 1.165) is 19.4 Å². The van der Waals surface area contributed by atoms with Crippen molar-refractivity contribution in [3.05, 3.63) is 0 Å². The van der Waals surface area contributed by atoms with Gasteiger partial charge in [-0.2, -0.15) is 0 Å². The number of piperidine rings is 1. The Balaban J connectivity index is 1.66. The number of carboxylic acid groups (broad SMARTS) is 1. The summed E-state index contributed by atoms with van der Waals surface area (Å²) in [5, 5.41) is 11.2. The largest absolute Gasteiger partial charge is 0.479 e. The normalized spacial score (nSPS) is 27.6. The summed E-state index contributed by atoms with van der Waals surface area (Å²) in [5.41, 5.74) is 2.08. The van der Waals surface area contributed by atoms with E-state index in [9.17, 15) is 9.59 Å². The number of nitrogens with zero attached hydrogens (tertiary/aromatic N) is 1. The van der Waals surface area contributed by atoms with Crippen molar-refractivity contribution >= 4 is 12.0 Å². The molecule has 2 saturated heterocycles. The van der Waals surface area contributed by atoms with Crippen LogP contribution >= 0.6 is 0 Å². The van der Waals surface area contributed by atoms with Crippen LogP contribution in [-0.2, 0) is 9.63 Å². The van der Waals surface area contributed by atoms with Crippen LogP contribution in [0.25, 0.3) is 0 Å². The first kappa shape index (κ1) is 13.1. The lowest BCUT2D eigenvalue weighted by Gasteiger charge is -2.34. The predicted octanol–water partition coefficient (Wildman–Crippen LogP) is -0.0714. The van der Waals surface area contributed by atoms with E-state index in [1.807, 2.05) is 0 Å². The number of fused-ring (bicyclic) bond motifs is 1. The summed E-state index contributed by atoms with van der Waals surface area (Å²) in [6, 6.07) is 0.273. The third-order valence-corrected chi connectivity index (χ3v) is 3.52. The minimum absolute atomic E-state index is 0.151. The predicted molar refractivity (Wildman–Crippen MR) is 62.9 cm³/mol. The third kappa shape index (κ3) is 3.58. The zero-order valence-electron chi connectivity index (χ0n) is 10.2. The second-order valence-electron chi connectivity index (χ2n) is 4.81. The highest BCUT2D eigenvalue weighted by Gasteiger charge is 2.32. The number of hydrogen-bond donors (Lipinski definition) is 3. The summed E-state index contributed by atoms with van der Waals surface area (Å²) in [7, 11) is 0. The van der Waals surface area contributed by atoms with Crippen LogP contribution in [0.1, 0.15) is 25.7 Å². The zero-order valence-corrected chi connectivity index (χ0v) is 10.2. The topological polar surface area (TPSA) is 90.9 Å². The molecule has 0 saturated carbocycles. The summed E-state index contributed by atoms with van der Waals surface area (Å²) < 4.78 is 0. The maximum absolute atomic E-state index is 11.4. The summed E-state index contributed by atoms with van der Waals surface area (Å²) in [6.45, 7) is 1.66.